The summed E-state index contributed by atoms with van der Waals surface area (Å²) in [5, 5.41) is 3.88. The molecule has 1 aliphatic heterocycles. The van der Waals surface area contributed by atoms with E-state index in [1.54, 1.807) is 24.1 Å². The number of H-pyrrole nitrogens is 1. The van der Waals surface area contributed by atoms with Crippen molar-refractivity contribution in [3.05, 3.63) is 30.0 Å². The Morgan fingerprint density at radius 3 is 3.00 bits per heavy atom. The highest BCUT2D eigenvalue weighted by molar-refractivity contribution is 5.98. The summed E-state index contributed by atoms with van der Waals surface area (Å²) in [5.74, 6) is -0.0286. The van der Waals surface area contributed by atoms with Crippen molar-refractivity contribution in [3.63, 3.8) is 0 Å². The fourth-order valence-corrected chi connectivity index (χ4v) is 2.67. The summed E-state index contributed by atoms with van der Waals surface area (Å²) in [6.45, 7) is 0.553. The maximum absolute atomic E-state index is 12.3. The van der Waals surface area contributed by atoms with Crippen LogP contribution >= 0.6 is 0 Å². The third kappa shape index (κ3) is 2.69. The number of anilines is 1. The van der Waals surface area contributed by atoms with Gasteiger partial charge in [-0.15, -0.1) is 0 Å². The number of aromatic nitrogens is 1. The van der Waals surface area contributed by atoms with E-state index >= 15 is 0 Å². The van der Waals surface area contributed by atoms with Crippen molar-refractivity contribution in [2.45, 2.75) is 18.9 Å². The first-order chi connectivity index (χ1) is 10.0. The Morgan fingerprint density at radius 1 is 1.43 bits per heavy atom. The number of benzene rings is 1. The van der Waals surface area contributed by atoms with Crippen LogP contribution in [-0.4, -0.2) is 41.3 Å². The van der Waals surface area contributed by atoms with Crippen molar-refractivity contribution in [1.29, 1.82) is 0 Å². The van der Waals surface area contributed by atoms with Gasteiger partial charge in [-0.1, -0.05) is 0 Å². The van der Waals surface area contributed by atoms with Crippen LogP contribution in [0.5, 0.6) is 0 Å². The van der Waals surface area contributed by atoms with E-state index in [1.807, 2.05) is 12.1 Å². The predicted molar refractivity (Wildman–Crippen MR) is 80.8 cm³/mol. The van der Waals surface area contributed by atoms with Crippen LogP contribution in [0.2, 0.25) is 0 Å². The van der Waals surface area contributed by atoms with Crippen LogP contribution in [0, 0.1) is 0 Å². The molecule has 0 bridgehead atoms. The number of nitrogen functional groups attached to an aromatic ring is 1. The molecule has 110 valence electrons. The number of carbonyl (C=O) groups is 2. The van der Waals surface area contributed by atoms with Crippen LogP contribution in [0.15, 0.2) is 24.3 Å². The third-order valence-electron chi connectivity index (χ3n) is 3.85. The minimum Gasteiger partial charge on any atom is -0.399 e. The number of hydrogen-bond donors (Lipinski definition) is 3. The molecule has 2 aromatic rings. The fraction of sp³-hybridized carbons (Fsp3) is 0.333. The van der Waals surface area contributed by atoms with E-state index in [0.29, 0.717) is 30.8 Å². The zero-order valence-corrected chi connectivity index (χ0v) is 11.8. The van der Waals surface area contributed by atoms with Crippen molar-refractivity contribution < 1.29 is 9.59 Å². The van der Waals surface area contributed by atoms with E-state index in [1.165, 1.54) is 0 Å². The van der Waals surface area contributed by atoms with Gasteiger partial charge in [0.2, 0.25) is 5.91 Å². The topological polar surface area (TPSA) is 91.2 Å². The maximum atomic E-state index is 12.3. The molecule has 1 aliphatic rings. The molecule has 6 nitrogen and oxygen atoms in total. The number of likely N-dealkylation sites (tertiary alicyclic amines) is 1. The largest absolute Gasteiger partial charge is 0.399 e. The summed E-state index contributed by atoms with van der Waals surface area (Å²) in [6.07, 6.45) is 1.16. The molecular weight excluding hydrogens is 268 g/mol. The van der Waals surface area contributed by atoms with Crippen molar-refractivity contribution in [1.82, 2.24) is 15.2 Å². The molecule has 6 heteroatoms. The van der Waals surface area contributed by atoms with Crippen molar-refractivity contribution in [2.24, 2.45) is 0 Å². The predicted octanol–water partition coefficient (Wildman–Crippen LogP) is 1.10. The van der Waals surface area contributed by atoms with Gasteiger partial charge in [0.1, 0.15) is 5.69 Å². The zero-order chi connectivity index (χ0) is 15.0. The fourth-order valence-electron chi connectivity index (χ4n) is 2.67. The Bertz CT molecular complexity index is 707. The molecule has 0 radical (unpaired) electrons. The van der Waals surface area contributed by atoms with Crippen molar-refractivity contribution in [3.8, 4) is 0 Å². The van der Waals surface area contributed by atoms with Gasteiger partial charge >= 0.3 is 0 Å². The number of nitrogens with one attached hydrogen (secondary N) is 2. The lowest BCUT2D eigenvalue weighted by molar-refractivity contribution is -0.132. The smallest absolute Gasteiger partial charge is 0.268 e. The average molecular weight is 286 g/mol. The lowest BCUT2D eigenvalue weighted by Crippen LogP contribution is -2.48. The highest BCUT2D eigenvalue weighted by Crippen LogP contribution is 2.19. The van der Waals surface area contributed by atoms with Gasteiger partial charge in [0.05, 0.1) is 0 Å². The minimum absolute atomic E-state index is 0.00307. The first-order valence-corrected chi connectivity index (χ1v) is 6.96. The van der Waals surface area contributed by atoms with E-state index in [4.69, 9.17) is 5.73 Å². The van der Waals surface area contributed by atoms with Crippen LogP contribution in [-0.2, 0) is 4.79 Å². The number of rotatable bonds is 2. The number of piperidine rings is 1. The molecular formula is C15H18N4O2. The first kappa shape index (κ1) is 13.5. The lowest BCUT2D eigenvalue weighted by Gasteiger charge is -2.29. The van der Waals surface area contributed by atoms with Crippen LogP contribution < -0.4 is 11.1 Å². The maximum Gasteiger partial charge on any atom is 0.268 e. The Kier molecular flexibility index (Phi) is 3.29. The molecule has 3 rings (SSSR count). The molecule has 0 saturated carbocycles. The van der Waals surface area contributed by atoms with E-state index in [2.05, 4.69) is 10.3 Å². The van der Waals surface area contributed by atoms with Crippen LogP contribution in [0.1, 0.15) is 23.3 Å². The Labute approximate surface area is 122 Å². The van der Waals surface area contributed by atoms with Crippen molar-refractivity contribution in [2.75, 3.05) is 19.3 Å². The first-order valence-electron chi connectivity index (χ1n) is 6.96. The molecule has 1 atom stereocenters. The second-order valence-electron chi connectivity index (χ2n) is 5.51. The number of carbonyl (C=O) groups excluding carboxylic acids is 2. The molecule has 2 heterocycles. The number of fused-ring (bicyclic) bond motifs is 1. The van der Waals surface area contributed by atoms with Gasteiger partial charge in [-0.3, -0.25) is 9.59 Å². The molecule has 2 amide bonds. The second kappa shape index (κ2) is 5.12. The average Bonchev–Trinajstić information content (AvgIpc) is 2.86. The number of aromatic amines is 1. The van der Waals surface area contributed by atoms with E-state index in [9.17, 15) is 9.59 Å². The highest BCUT2D eigenvalue weighted by atomic mass is 16.2. The van der Waals surface area contributed by atoms with Gasteiger partial charge in [-0.25, -0.2) is 0 Å². The summed E-state index contributed by atoms with van der Waals surface area (Å²) in [4.78, 5) is 28.5. The third-order valence-corrected chi connectivity index (χ3v) is 3.85. The number of likely N-dealkylation sites (N-methyl/N-ethyl adjacent to an activating group) is 1. The number of amides is 2. The Morgan fingerprint density at radius 2 is 2.24 bits per heavy atom. The SMILES string of the molecule is CN1CC(NC(=O)c2cc3cc(N)ccc3[nH]2)CCC1=O. The molecule has 0 aliphatic carbocycles. The standard InChI is InChI=1S/C15H18N4O2/c1-19-8-11(3-5-14(19)20)17-15(21)13-7-9-6-10(16)2-4-12(9)18-13/h2,4,6-7,11,18H,3,5,8,16H2,1H3,(H,17,21). The number of nitrogens with two attached hydrogens (primary N) is 1. The van der Waals surface area contributed by atoms with Gasteiger partial charge in [0.25, 0.3) is 5.91 Å². The van der Waals surface area contributed by atoms with Crippen LogP contribution in [0.4, 0.5) is 5.69 Å². The van der Waals surface area contributed by atoms with Crippen LogP contribution in [0.25, 0.3) is 10.9 Å². The van der Waals surface area contributed by atoms with E-state index in [0.717, 1.165) is 10.9 Å². The van der Waals surface area contributed by atoms with E-state index in [-0.39, 0.29) is 17.9 Å². The summed E-state index contributed by atoms with van der Waals surface area (Å²) in [5.41, 5.74) is 7.79. The van der Waals surface area contributed by atoms with Crippen molar-refractivity contribution >= 4 is 28.4 Å². The number of hydrogen-bond acceptors (Lipinski definition) is 3. The molecule has 1 aromatic carbocycles. The Hall–Kier alpha value is -2.50. The monoisotopic (exact) mass is 286 g/mol. The molecule has 21 heavy (non-hydrogen) atoms. The van der Waals surface area contributed by atoms with Gasteiger partial charge in [-0.05, 0) is 30.7 Å². The van der Waals surface area contributed by atoms with Gasteiger partial charge < -0.3 is 20.9 Å². The van der Waals surface area contributed by atoms with Gasteiger partial charge in [0, 0.05) is 42.6 Å². The van der Waals surface area contributed by atoms with E-state index < -0.39 is 0 Å². The summed E-state index contributed by atoms with van der Waals surface area (Å²) in [6, 6.07) is 7.27. The molecule has 1 aromatic heterocycles. The lowest BCUT2D eigenvalue weighted by atomic mass is 10.1. The molecule has 1 unspecified atom stereocenters. The van der Waals surface area contributed by atoms with Crippen LogP contribution in [0.3, 0.4) is 0 Å². The minimum atomic E-state index is -0.155. The normalized spacial score (nSPS) is 19.0. The second-order valence-corrected chi connectivity index (χ2v) is 5.51. The molecule has 4 N–H and O–H groups in total. The molecule has 0 spiro atoms. The summed E-state index contributed by atoms with van der Waals surface area (Å²) in [7, 11) is 1.76. The summed E-state index contributed by atoms with van der Waals surface area (Å²) >= 11 is 0. The quantitative estimate of drug-likeness (QED) is 0.722. The highest BCUT2D eigenvalue weighted by Gasteiger charge is 2.24. The summed E-state index contributed by atoms with van der Waals surface area (Å²) < 4.78 is 0. The van der Waals surface area contributed by atoms with Gasteiger partial charge in [-0.2, -0.15) is 0 Å². The zero-order valence-electron chi connectivity index (χ0n) is 11.8. The van der Waals surface area contributed by atoms with Gasteiger partial charge in [0.15, 0.2) is 0 Å². The molecule has 1 fully saturated rings. The molecule has 1 saturated heterocycles. The Balaban J connectivity index is 1.73. The number of nitrogens with zero attached hydrogens (tertiary/aromatic N) is 1.